The first-order chi connectivity index (χ1) is 10.1. The molecule has 0 amide bonds. The van der Waals surface area contributed by atoms with Crippen molar-refractivity contribution in [3.63, 3.8) is 0 Å². The average Bonchev–Trinajstić information content (AvgIpc) is 2.48. The zero-order chi connectivity index (χ0) is 14.8. The third-order valence-electron chi connectivity index (χ3n) is 3.38. The van der Waals surface area contributed by atoms with Crippen molar-refractivity contribution in [2.45, 2.75) is 13.0 Å². The van der Waals surface area contributed by atoms with Crippen LogP contribution in [0.4, 0.5) is 5.69 Å². The second-order valence-corrected chi connectivity index (χ2v) is 6.12. The molecule has 3 nitrogen and oxygen atoms in total. The van der Waals surface area contributed by atoms with Gasteiger partial charge in [0.15, 0.2) is 11.5 Å². The first-order valence-corrected chi connectivity index (χ1v) is 7.92. The van der Waals surface area contributed by atoms with Gasteiger partial charge in [-0.25, -0.2) is 0 Å². The highest BCUT2D eigenvalue weighted by molar-refractivity contribution is 9.10. The van der Waals surface area contributed by atoms with Crippen LogP contribution in [0.1, 0.15) is 18.5 Å². The molecule has 110 valence electrons. The summed E-state index contributed by atoms with van der Waals surface area (Å²) in [7, 11) is 0. The van der Waals surface area contributed by atoms with Crippen LogP contribution < -0.4 is 14.8 Å². The lowest BCUT2D eigenvalue weighted by atomic mass is 10.1. The van der Waals surface area contributed by atoms with Gasteiger partial charge in [-0.3, -0.25) is 0 Å². The molecule has 1 atom stereocenters. The Kier molecular flexibility index (Phi) is 4.27. The molecule has 2 aromatic rings. The number of fused-ring (bicyclic) bond motifs is 1. The van der Waals surface area contributed by atoms with Crippen molar-refractivity contribution in [3.8, 4) is 11.5 Å². The molecule has 0 fully saturated rings. The quantitative estimate of drug-likeness (QED) is 0.822. The average molecular weight is 369 g/mol. The highest BCUT2D eigenvalue weighted by atomic mass is 79.9. The Hall–Kier alpha value is -1.39. The van der Waals surface area contributed by atoms with Gasteiger partial charge in [-0.2, -0.15) is 0 Å². The van der Waals surface area contributed by atoms with Crippen LogP contribution in [-0.4, -0.2) is 13.2 Å². The lowest BCUT2D eigenvalue weighted by Crippen LogP contribution is -2.16. The Bertz CT molecular complexity index is 663. The lowest BCUT2D eigenvalue weighted by molar-refractivity contribution is 0.171. The molecule has 2 aromatic carbocycles. The summed E-state index contributed by atoms with van der Waals surface area (Å²) in [5, 5.41) is 4.21. The largest absolute Gasteiger partial charge is 0.486 e. The van der Waals surface area contributed by atoms with E-state index in [0.29, 0.717) is 13.2 Å². The van der Waals surface area contributed by atoms with Gasteiger partial charge in [0.1, 0.15) is 13.2 Å². The van der Waals surface area contributed by atoms with E-state index in [-0.39, 0.29) is 6.04 Å². The van der Waals surface area contributed by atoms with E-state index in [2.05, 4.69) is 28.2 Å². The van der Waals surface area contributed by atoms with Gasteiger partial charge in [-0.15, -0.1) is 0 Å². The van der Waals surface area contributed by atoms with Gasteiger partial charge in [-0.1, -0.05) is 29.8 Å². The van der Waals surface area contributed by atoms with Crippen molar-refractivity contribution in [2.24, 2.45) is 0 Å². The molecule has 0 saturated heterocycles. The number of benzene rings is 2. The fraction of sp³-hybridized carbons (Fsp3) is 0.250. The van der Waals surface area contributed by atoms with Crippen LogP contribution in [0.5, 0.6) is 11.5 Å². The van der Waals surface area contributed by atoms with E-state index in [1.54, 1.807) is 0 Å². The third-order valence-corrected chi connectivity index (χ3v) is 4.38. The highest BCUT2D eigenvalue weighted by Gasteiger charge is 2.17. The van der Waals surface area contributed by atoms with Crippen LogP contribution in [0.2, 0.25) is 5.02 Å². The molecule has 0 aliphatic carbocycles. The van der Waals surface area contributed by atoms with E-state index in [4.69, 9.17) is 21.1 Å². The van der Waals surface area contributed by atoms with E-state index in [9.17, 15) is 0 Å². The molecule has 3 rings (SSSR count). The standard InChI is InChI=1S/C16H15BrClNO2/c1-10(11-4-2-3-5-13(11)18)19-14-9-16-15(8-12(14)17)20-6-7-21-16/h2-5,8-10,19H,6-7H2,1H3. The lowest BCUT2D eigenvalue weighted by Gasteiger charge is -2.22. The van der Waals surface area contributed by atoms with Gasteiger partial charge in [-0.05, 0) is 34.5 Å². The Morgan fingerprint density at radius 1 is 1.14 bits per heavy atom. The molecule has 0 saturated carbocycles. The molecule has 0 aromatic heterocycles. The summed E-state index contributed by atoms with van der Waals surface area (Å²) in [5.74, 6) is 1.53. The Morgan fingerprint density at radius 3 is 2.52 bits per heavy atom. The predicted octanol–water partition coefficient (Wildman–Crippen LogP) is 5.05. The minimum atomic E-state index is 0.0811. The van der Waals surface area contributed by atoms with Crippen molar-refractivity contribution in [3.05, 3.63) is 51.5 Å². The third kappa shape index (κ3) is 3.11. The van der Waals surface area contributed by atoms with Gasteiger partial charge in [0, 0.05) is 21.6 Å². The van der Waals surface area contributed by atoms with Crippen LogP contribution in [0, 0.1) is 0 Å². The summed E-state index contributed by atoms with van der Waals surface area (Å²) in [6, 6.07) is 11.8. The van der Waals surface area contributed by atoms with Crippen LogP contribution in [0.3, 0.4) is 0 Å². The number of ether oxygens (including phenoxy) is 2. The van der Waals surface area contributed by atoms with Gasteiger partial charge >= 0.3 is 0 Å². The molecule has 5 heteroatoms. The van der Waals surface area contributed by atoms with Gasteiger partial charge in [0.25, 0.3) is 0 Å². The summed E-state index contributed by atoms with van der Waals surface area (Å²) < 4.78 is 12.1. The second-order valence-electron chi connectivity index (χ2n) is 4.86. The molecule has 1 heterocycles. The molecule has 0 radical (unpaired) electrons. The summed E-state index contributed by atoms with van der Waals surface area (Å²) in [6.07, 6.45) is 0. The second kappa shape index (κ2) is 6.16. The minimum Gasteiger partial charge on any atom is -0.486 e. The monoisotopic (exact) mass is 367 g/mol. The maximum atomic E-state index is 6.24. The van der Waals surface area contributed by atoms with E-state index in [1.165, 1.54) is 0 Å². The van der Waals surface area contributed by atoms with E-state index >= 15 is 0 Å². The fourth-order valence-electron chi connectivity index (χ4n) is 2.31. The SMILES string of the molecule is CC(Nc1cc2c(cc1Br)OCCO2)c1ccccc1Cl. The van der Waals surface area contributed by atoms with Crippen LogP contribution in [-0.2, 0) is 0 Å². The molecular weight excluding hydrogens is 354 g/mol. The van der Waals surface area contributed by atoms with Crippen molar-refractivity contribution in [1.29, 1.82) is 0 Å². The minimum absolute atomic E-state index is 0.0811. The number of halogens is 2. The van der Waals surface area contributed by atoms with E-state index in [0.717, 1.165) is 32.2 Å². The zero-order valence-electron chi connectivity index (χ0n) is 11.5. The fourth-order valence-corrected chi connectivity index (χ4v) is 3.05. The van der Waals surface area contributed by atoms with Crippen molar-refractivity contribution in [1.82, 2.24) is 0 Å². The first-order valence-electron chi connectivity index (χ1n) is 6.75. The molecule has 1 unspecified atom stereocenters. The predicted molar refractivity (Wildman–Crippen MR) is 88.6 cm³/mol. The molecule has 1 aliphatic rings. The van der Waals surface area contributed by atoms with Crippen LogP contribution in [0.25, 0.3) is 0 Å². The smallest absolute Gasteiger partial charge is 0.163 e. The number of hydrogen-bond acceptors (Lipinski definition) is 3. The molecule has 0 spiro atoms. The first kappa shape index (κ1) is 14.5. The summed E-state index contributed by atoms with van der Waals surface area (Å²) in [6.45, 7) is 3.24. The highest BCUT2D eigenvalue weighted by Crippen LogP contribution is 2.39. The molecule has 21 heavy (non-hydrogen) atoms. The number of anilines is 1. The van der Waals surface area contributed by atoms with Gasteiger partial charge < -0.3 is 14.8 Å². The normalized spacial score (nSPS) is 14.6. The molecular formula is C16H15BrClNO2. The van der Waals surface area contributed by atoms with E-state index < -0.39 is 0 Å². The maximum absolute atomic E-state index is 6.24. The van der Waals surface area contributed by atoms with Crippen LogP contribution in [0.15, 0.2) is 40.9 Å². The van der Waals surface area contributed by atoms with Crippen LogP contribution >= 0.6 is 27.5 Å². The maximum Gasteiger partial charge on any atom is 0.163 e. The number of hydrogen-bond donors (Lipinski definition) is 1. The van der Waals surface area contributed by atoms with Crippen molar-refractivity contribution in [2.75, 3.05) is 18.5 Å². The molecule has 0 bridgehead atoms. The summed E-state index contributed by atoms with van der Waals surface area (Å²) in [5.41, 5.74) is 2.01. The number of nitrogens with one attached hydrogen (secondary N) is 1. The zero-order valence-corrected chi connectivity index (χ0v) is 13.9. The summed E-state index contributed by atoms with van der Waals surface area (Å²) in [4.78, 5) is 0. The molecule has 1 aliphatic heterocycles. The van der Waals surface area contributed by atoms with E-state index in [1.807, 2.05) is 36.4 Å². The van der Waals surface area contributed by atoms with Crippen molar-refractivity contribution >= 4 is 33.2 Å². The summed E-state index contributed by atoms with van der Waals surface area (Å²) >= 11 is 9.81. The number of rotatable bonds is 3. The Labute approximate surface area is 137 Å². The van der Waals surface area contributed by atoms with Gasteiger partial charge in [0.2, 0.25) is 0 Å². The topological polar surface area (TPSA) is 30.5 Å². The Balaban J connectivity index is 1.86. The van der Waals surface area contributed by atoms with Crippen molar-refractivity contribution < 1.29 is 9.47 Å². The van der Waals surface area contributed by atoms with Gasteiger partial charge in [0.05, 0.1) is 11.7 Å². The Morgan fingerprint density at radius 2 is 1.81 bits per heavy atom. The molecule has 1 N–H and O–H groups in total.